The first-order valence-corrected chi connectivity index (χ1v) is 7.20. The van der Waals surface area contributed by atoms with Gasteiger partial charge in [-0.15, -0.1) is 0 Å². The summed E-state index contributed by atoms with van der Waals surface area (Å²) in [6.45, 7) is 0.0841. The minimum absolute atomic E-state index is 0.181. The van der Waals surface area contributed by atoms with E-state index in [0.717, 1.165) is 5.56 Å². The number of urea groups is 1. The number of aromatic nitrogens is 1. The fraction of sp³-hybridized carbons (Fsp3) is 0.188. The molecule has 0 bridgehead atoms. The Morgan fingerprint density at radius 2 is 1.88 bits per heavy atom. The molecule has 0 aliphatic carbocycles. The number of nitrogen functional groups attached to an aromatic ring is 1. The van der Waals surface area contributed by atoms with Gasteiger partial charge < -0.3 is 21.3 Å². The maximum absolute atomic E-state index is 12.9. The Bertz CT molecular complexity index is 703. The number of pyridine rings is 1. The van der Waals surface area contributed by atoms with Crippen LogP contribution >= 0.6 is 0 Å². The predicted molar refractivity (Wildman–Crippen MR) is 88.7 cm³/mol. The highest BCUT2D eigenvalue weighted by molar-refractivity contribution is 5.96. The van der Waals surface area contributed by atoms with Crippen LogP contribution in [0.3, 0.4) is 0 Å². The molecule has 1 heterocycles. The highest BCUT2D eigenvalue weighted by Gasteiger charge is 2.12. The number of nitrogens with one attached hydrogen (secondary N) is 2. The van der Waals surface area contributed by atoms with Crippen molar-refractivity contribution in [2.75, 3.05) is 24.2 Å². The summed E-state index contributed by atoms with van der Waals surface area (Å²) in [6, 6.07) is 8.40. The zero-order valence-electron chi connectivity index (χ0n) is 13.1. The number of rotatable bonds is 5. The molecule has 0 saturated carbocycles. The molecule has 0 fully saturated rings. The van der Waals surface area contributed by atoms with Crippen molar-refractivity contribution in [2.24, 2.45) is 0 Å². The van der Waals surface area contributed by atoms with Gasteiger partial charge in [-0.05, 0) is 35.9 Å². The molecule has 0 saturated heterocycles. The average molecular weight is 331 g/mol. The van der Waals surface area contributed by atoms with Gasteiger partial charge in [-0.1, -0.05) is 6.07 Å². The van der Waals surface area contributed by atoms with Gasteiger partial charge >= 0.3 is 6.03 Å². The quantitative estimate of drug-likeness (QED) is 0.768. The minimum Gasteiger partial charge on any atom is -0.384 e. The summed E-state index contributed by atoms with van der Waals surface area (Å²) in [6.07, 6.45) is 1.56. The number of nitrogens with two attached hydrogens (primary N) is 1. The van der Waals surface area contributed by atoms with Gasteiger partial charge in [0.15, 0.2) is 0 Å². The molecular weight excluding hydrogens is 313 g/mol. The largest absolute Gasteiger partial charge is 0.384 e. The van der Waals surface area contributed by atoms with E-state index in [0.29, 0.717) is 11.5 Å². The summed E-state index contributed by atoms with van der Waals surface area (Å²) in [5.74, 6) is -0.308. The Morgan fingerprint density at radius 3 is 2.50 bits per heavy atom. The number of nitrogens with zero attached hydrogens (tertiary/aromatic N) is 2. The van der Waals surface area contributed by atoms with E-state index in [1.807, 2.05) is 0 Å². The second-order valence-corrected chi connectivity index (χ2v) is 5.06. The number of anilines is 2. The molecule has 1 aromatic carbocycles. The third-order valence-electron chi connectivity index (χ3n) is 3.29. The van der Waals surface area contributed by atoms with Gasteiger partial charge in [0.1, 0.15) is 11.6 Å². The summed E-state index contributed by atoms with van der Waals surface area (Å²) >= 11 is 0. The average Bonchev–Trinajstić information content (AvgIpc) is 2.59. The number of carbonyl (C=O) groups is 2. The zero-order chi connectivity index (χ0) is 17.5. The van der Waals surface area contributed by atoms with E-state index in [-0.39, 0.29) is 24.8 Å². The van der Waals surface area contributed by atoms with Gasteiger partial charge in [0.25, 0.3) is 0 Å². The van der Waals surface area contributed by atoms with E-state index in [4.69, 9.17) is 5.73 Å². The third kappa shape index (κ3) is 4.94. The summed E-state index contributed by atoms with van der Waals surface area (Å²) in [5, 5.41) is 5.07. The second kappa shape index (κ2) is 7.91. The van der Waals surface area contributed by atoms with Gasteiger partial charge in [-0.25, -0.2) is 14.2 Å². The number of hydrogen-bond acceptors (Lipinski definition) is 4. The minimum atomic E-state index is -0.479. The first kappa shape index (κ1) is 17.2. The molecule has 2 rings (SSSR count). The molecule has 0 aliphatic heterocycles. The number of likely N-dealkylation sites (N-methyl/N-ethyl adjacent to an activating group) is 1. The standard InChI is InChI=1S/C16H18FN5O2/c1-22(13-5-3-12(17)4-6-13)15(23)10-21-16(24)20-9-11-2-7-14(18)19-8-11/h2-8H,9-10H2,1H3,(H2,18,19)(H2,20,21,24). The Morgan fingerprint density at radius 1 is 1.17 bits per heavy atom. The number of carbonyl (C=O) groups excluding carboxylic acids is 2. The molecule has 0 radical (unpaired) electrons. The van der Waals surface area contributed by atoms with Gasteiger partial charge in [-0.3, -0.25) is 4.79 Å². The predicted octanol–water partition coefficient (Wildman–Crippen LogP) is 1.27. The molecule has 2 aromatic rings. The summed E-state index contributed by atoms with van der Waals surface area (Å²) in [7, 11) is 1.55. The number of halogens is 1. The van der Waals surface area contributed by atoms with Crippen molar-refractivity contribution in [3.8, 4) is 0 Å². The lowest BCUT2D eigenvalue weighted by molar-refractivity contribution is -0.117. The molecular formula is C16H18FN5O2. The fourth-order valence-corrected chi connectivity index (χ4v) is 1.87. The van der Waals surface area contributed by atoms with Crippen molar-refractivity contribution in [1.82, 2.24) is 15.6 Å². The SMILES string of the molecule is CN(C(=O)CNC(=O)NCc1ccc(N)nc1)c1ccc(F)cc1. The van der Waals surface area contributed by atoms with Crippen LogP contribution in [0.5, 0.6) is 0 Å². The molecule has 126 valence electrons. The van der Waals surface area contributed by atoms with Crippen molar-refractivity contribution < 1.29 is 14.0 Å². The summed E-state index contributed by atoms with van der Waals surface area (Å²) in [5.41, 5.74) is 6.80. The third-order valence-corrected chi connectivity index (χ3v) is 3.29. The fourth-order valence-electron chi connectivity index (χ4n) is 1.87. The van der Waals surface area contributed by atoms with E-state index in [9.17, 15) is 14.0 Å². The van der Waals surface area contributed by atoms with E-state index in [2.05, 4.69) is 15.6 Å². The Balaban J connectivity index is 1.77. The van der Waals surface area contributed by atoms with E-state index in [1.165, 1.54) is 29.2 Å². The van der Waals surface area contributed by atoms with Crippen LogP contribution < -0.4 is 21.3 Å². The van der Waals surface area contributed by atoms with Crippen molar-refractivity contribution in [2.45, 2.75) is 6.54 Å². The lowest BCUT2D eigenvalue weighted by Crippen LogP contribution is -2.42. The second-order valence-electron chi connectivity index (χ2n) is 5.06. The molecule has 4 N–H and O–H groups in total. The Labute approximate surface area is 138 Å². The first-order valence-electron chi connectivity index (χ1n) is 7.20. The topological polar surface area (TPSA) is 100 Å². The maximum Gasteiger partial charge on any atom is 0.315 e. The Hall–Kier alpha value is -3.16. The highest BCUT2D eigenvalue weighted by atomic mass is 19.1. The molecule has 1 aromatic heterocycles. The van der Waals surface area contributed by atoms with Crippen LogP contribution in [-0.4, -0.2) is 30.5 Å². The normalized spacial score (nSPS) is 10.1. The lowest BCUT2D eigenvalue weighted by atomic mass is 10.3. The van der Waals surface area contributed by atoms with Gasteiger partial charge in [0, 0.05) is 25.5 Å². The van der Waals surface area contributed by atoms with Crippen LogP contribution in [0.15, 0.2) is 42.6 Å². The number of hydrogen-bond donors (Lipinski definition) is 3. The molecule has 8 heteroatoms. The van der Waals surface area contributed by atoms with Gasteiger partial charge in [0.05, 0.1) is 6.54 Å². The molecule has 0 spiro atoms. The number of benzene rings is 1. The van der Waals surface area contributed by atoms with Gasteiger partial charge in [0.2, 0.25) is 5.91 Å². The molecule has 0 atom stereocenters. The van der Waals surface area contributed by atoms with Crippen LogP contribution in [0.4, 0.5) is 20.7 Å². The summed E-state index contributed by atoms with van der Waals surface area (Å²) in [4.78, 5) is 29.0. The van der Waals surface area contributed by atoms with E-state index < -0.39 is 6.03 Å². The van der Waals surface area contributed by atoms with E-state index >= 15 is 0 Å². The maximum atomic E-state index is 12.9. The first-order chi connectivity index (χ1) is 11.5. The molecule has 24 heavy (non-hydrogen) atoms. The zero-order valence-corrected chi connectivity index (χ0v) is 13.1. The van der Waals surface area contributed by atoms with Crippen LogP contribution in [0.2, 0.25) is 0 Å². The molecule has 0 aliphatic rings. The van der Waals surface area contributed by atoms with Crippen molar-refractivity contribution in [1.29, 1.82) is 0 Å². The van der Waals surface area contributed by atoms with Crippen LogP contribution in [0.25, 0.3) is 0 Å². The van der Waals surface area contributed by atoms with Crippen molar-refractivity contribution in [3.05, 3.63) is 54.0 Å². The smallest absolute Gasteiger partial charge is 0.315 e. The number of amides is 3. The van der Waals surface area contributed by atoms with Crippen LogP contribution in [0.1, 0.15) is 5.56 Å². The van der Waals surface area contributed by atoms with Crippen LogP contribution in [-0.2, 0) is 11.3 Å². The van der Waals surface area contributed by atoms with Crippen LogP contribution in [0, 0.1) is 5.82 Å². The molecule has 0 unspecified atom stereocenters. The molecule has 7 nitrogen and oxygen atoms in total. The summed E-state index contributed by atoms with van der Waals surface area (Å²) < 4.78 is 12.9. The van der Waals surface area contributed by atoms with Crippen molar-refractivity contribution in [3.63, 3.8) is 0 Å². The highest BCUT2D eigenvalue weighted by Crippen LogP contribution is 2.12. The Kier molecular flexibility index (Phi) is 5.67. The van der Waals surface area contributed by atoms with Gasteiger partial charge in [-0.2, -0.15) is 0 Å². The van der Waals surface area contributed by atoms with E-state index in [1.54, 1.807) is 25.4 Å². The molecule has 3 amide bonds. The van der Waals surface area contributed by atoms with Crippen molar-refractivity contribution >= 4 is 23.4 Å². The lowest BCUT2D eigenvalue weighted by Gasteiger charge is -2.17. The monoisotopic (exact) mass is 331 g/mol.